The van der Waals surface area contributed by atoms with Crippen molar-refractivity contribution in [2.45, 2.75) is 6.54 Å². The fraction of sp³-hybridized carbons (Fsp3) is 0.0769. The van der Waals surface area contributed by atoms with Crippen molar-refractivity contribution in [1.82, 2.24) is 4.98 Å². The number of hydrogen-bond donors (Lipinski definition) is 2. The molecule has 3 aromatic carbocycles. The number of rotatable bonds is 6. The van der Waals surface area contributed by atoms with E-state index in [2.05, 4.69) is 22.4 Å². The van der Waals surface area contributed by atoms with E-state index in [0.717, 1.165) is 27.8 Å². The van der Waals surface area contributed by atoms with Gasteiger partial charge in [-0.1, -0.05) is 60.1 Å². The molecule has 3 N–H and O–H groups in total. The van der Waals surface area contributed by atoms with Crippen LogP contribution < -0.4 is 15.8 Å². The highest BCUT2D eigenvalue weighted by Crippen LogP contribution is 2.31. The average Bonchev–Trinajstić information content (AvgIpc) is 2.85. The van der Waals surface area contributed by atoms with E-state index in [0.29, 0.717) is 28.7 Å². The monoisotopic (exact) mass is 443 g/mol. The van der Waals surface area contributed by atoms with Crippen LogP contribution in [-0.2, 0) is 6.54 Å². The SMILES string of the molecule is COc1ccc(NC(=O)c2ccc(Cl)c(-c3ccc(-c4ccc(CN)cc4)cc3)c2)cn1. The Bertz CT molecular complexity index is 1220. The van der Waals surface area contributed by atoms with E-state index in [1.807, 2.05) is 36.4 Å². The maximum absolute atomic E-state index is 12.7. The Kier molecular flexibility index (Phi) is 6.50. The molecule has 0 spiro atoms. The summed E-state index contributed by atoms with van der Waals surface area (Å²) >= 11 is 6.45. The number of nitrogens with zero attached hydrogens (tertiary/aromatic N) is 1. The normalized spacial score (nSPS) is 10.6. The fourth-order valence-electron chi connectivity index (χ4n) is 3.34. The van der Waals surface area contributed by atoms with Crippen LogP contribution in [0.15, 0.2) is 85.1 Å². The molecule has 160 valence electrons. The second-order valence-corrected chi connectivity index (χ2v) is 7.62. The van der Waals surface area contributed by atoms with Gasteiger partial charge >= 0.3 is 0 Å². The van der Waals surface area contributed by atoms with E-state index in [-0.39, 0.29) is 5.91 Å². The van der Waals surface area contributed by atoms with Crippen LogP contribution in [0.1, 0.15) is 15.9 Å². The molecule has 4 aromatic rings. The number of nitrogens with one attached hydrogen (secondary N) is 1. The molecule has 0 aliphatic carbocycles. The number of aromatic nitrogens is 1. The zero-order chi connectivity index (χ0) is 22.5. The van der Waals surface area contributed by atoms with Crippen molar-refractivity contribution in [3.05, 3.63) is 101 Å². The van der Waals surface area contributed by atoms with Gasteiger partial charge in [0.2, 0.25) is 5.88 Å². The summed E-state index contributed by atoms with van der Waals surface area (Å²) < 4.78 is 5.04. The predicted molar refractivity (Wildman–Crippen MR) is 129 cm³/mol. The van der Waals surface area contributed by atoms with Gasteiger partial charge in [0.1, 0.15) is 0 Å². The van der Waals surface area contributed by atoms with E-state index < -0.39 is 0 Å². The minimum absolute atomic E-state index is 0.244. The summed E-state index contributed by atoms with van der Waals surface area (Å²) in [5.74, 6) is 0.238. The van der Waals surface area contributed by atoms with Gasteiger partial charge in [0, 0.05) is 28.8 Å². The molecule has 0 bridgehead atoms. The Morgan fingerprint density at radius 3 is 2.19 bits per heavy atom. The predicted octanol–water partition coefficient (Wildman–Crippen LogP) is 5.79. The topological polar surface area (TPSA) is 77.2 Å². The summed E-state index contributed by atoms with van der Waals surface area (Å²) in [6, 6.07) is 24.9. The molecule has 0 fully saturated rings. The summed E-state index contributed by atoms with van der Waals surface area (Å²) in [5.41, 5.74) is 11.8. The van der Waals surface area contributed by atoms with Crippen molar-refractivity contribution in [1.29, 1.82) is 0 Å². The maximum atomic E-state index is 12.7. The first-order valence-corrected chi connectivity index (χ1v) is 10.5. The molecule has 0 aliphatic rings. The summed E-state index contributed by atoms with van der Waals surface area (Å²) in [4.78, 5) is 16.8. The zero-order valence-electron chi connectivity index (χ0n) is 17.5. The van der Waals surface area contributed by atoms with Gasteiger partial charge in [-0.25, -0.2) is 4.98 Å². The summed E-state index contributed by atoms with van der Waals surface area (Å²) in [6.45, 7) is 0.524. The molecule has 4 rings (SSSR count). The second-order valence-electron chi connectivity index (χ2n) is 7.22. The number of nitrogens with two attached hydrogens (primary N) is 1. The third-order valence-corrected chi connectivity index (χ3v) is 5.48. The van der Waals surface area contributed by atoms with Crippen molar-refractivity contribution in [2.24, 2.45) is 5.73 Å². The van der Waals surface area contributed by atoms with Gasteiger partial charge in [-0.3, -0.25) is 4.79 Å². The average molecular weight is 444 g/mol. The molecule has 0 unspecified atom stereocenters. The fourth-order valence-corrected chi connectivity index (χ4v) is 3.57. The molecular formula is C26H22ClN3O2. The molecule has 0 saturated heterocycles. The number of ether oxygens (including phenoxy) is 1. The lowest BCUT2D eigenvalue weighted by atomic mass is 9.98. The van der Waals surface area contributed by atoms with Gasteiger partial charge in [-0.15, -0.1) is 0 Å². The van der Waals surface area contributed by atoms with Gasteiger partial charge in [0.25, 0.3) is 5.91 Å². The van der Waals surface area contributed by atoms with Crippen molar-refractivity contribution in [2.75, 3.05) is 12.4 Å². The van der Waals surface area contributed by atoms with Gasteiger partial charge in [-0.05, 0) is 46.5 Å². The summed E-state index contributed by atoms with van der Waals surface area (Å²) in [6.07, 6.45) is 1.55. The van der Waals surface area contributed by atoms with Gasteiger partial charge in [0.15, 0.2) is 0 Å². The number of amides is 1. The number of carbonyl (C=O) groups is 1. The third kappa shape index (κ3) is 4.80. The number of carbonyl (C=O) groups excluding carboxylic acids is 1. The van der Waals surface area contributed by atoms with E-state index >= 15 is 0 Å². The van der Waals surface area contributed by atoms with Crippen LogP contribution in [0.3, 0.4) is 0 Å². The minimum atomic E-state index is -0.244. The number of benzene rings is 3. The molecule has 1 aromatic heterocycles. The molecule has 0 radical (unpaired) electrons. The first kappa shape index (κ1) is 21.6. The Hall–Kier alpha value is -3.67. The first-order valence-electron chi connectivity index (χ1n) is 10.1. The summed E-state index contributed by atoms with van der Waals surface area (Å²) in [5, 5.41) is 3.42. The first-order chi connectivity index (χ1) is 15.6. The quantitative estimate of drug-likeness (QED) is 0.395. The number of anilines is 1. The van der Waals surface area contributed by atoms with Crippen LogP contribution in [0.2, 0.25) is 5.02 Å². The highest BCUT2D eigenvalue weighted by Gasteiger charge is 2.12. The van der Waals surface area contributed by atoms with Crippen molar-refractivity contribution < 1.29 is 9.53 Å². The number of pyridine rings is 1. The minimum Gasteiger partial charge on any atom is -0.481 e. The lowest BCUT2D eigenvalue weighted by molar-refractivity contribution is 0.102. The van der Waals surface area contributed by atoms with Gasteiger partial charge < -0.3 is 15.8 Å². The molecule has 0 saturated carbocycles. The Balaban J connectivity index is 1.55. The van der Waals surface area contributed by atoms with Gasteiger partial charge in [-0.2, -0.15) is 0 Å². The molecule has 32 heavy (non-hydrogen) atoms. The van der Waals surface area contributed by atoms with Crippen LogP contribution in [-0.4, -0.2) is 18.0 Å². The highest BCUT2D eigenvalue weighted by molar-refractivity contribution is 6.33. The van der Waals surface area contributed by atoms with E-state index in [4.69, 9.17) is 22.1 Å². The van der Waals surface area contributed by atoms with E-state index in [1.165, 1.54) is 0 Å². The number of halogens is 1. The Labute approximate surface area is 191 Å². The van der Waals surface area contributed by atoms with E-state index in [9.17, 15) is 4.79 Å². The molecule has 6 heteroatoms. The molecule has 0 atom stereocenters. The number of methoxy groups -OCH3 is 1. The Morgan fingerprint density at radius 1 is 0.938 bits per heavy atom. The zero-order valence-corrected chi connectivity index (χ0v) is 18.3. The van der Waals surface area contributed by atoms with Crippen LogP contribution >= 0.6 is 11.6 Å². The van der Waals surface area contributed by atoms with Crippen molar-refractivity contribution in [3.63, 3.8) is 0 Å². The van der Waals surface area contributed by atoms with Crippen molar-refractivity contribution >= 4 is 23.2 Å². The smallest absolute Gasteiger partial charge is 0.255 e. The van der Waals surface area contributed by atoms with Crippen LogP contribution in [0.4, 0.5) is 5.69 Å². The largest absolute Gasteiger partial charge is 0.481 e. The highest BCUT2D eigenvalue weighted by atomic mass is 35.5. The van der Waals surface area contributed by atoms with Crippen LogP contribution in [0.25, 0.3) is 22.3 Å². The third-order valence-electron chi connectivity index (χ3n) is 5.15. The molecule has 5 nitrogen and oxygen atoms in total. The Morgan fingerprint density at radius 2 is 1.59 bits per heavy atom. The van der Waals surface area contributed by atoms with E-state index in [1.54, 1.807) is 43.6 Å². The van der Waals surface area contributed by atoms with Gasteiger partial charge in [0.05, 0.1) is 19.0 Å². The molecule has 1 heterocycles. The molecule has 1 amide bonds. The van der Waals surface area contributed by atoms with Crippen LogP contribution in [0.5, 0.6) is 5.88 Å². The maximum Gasteiger partial charge on any atom is 0.255 e. The second kappa shape index (κ2) is 9.64. The molecule has 0 aliphatic heterocycles. The lowest BCUT2D eigenvalue weighted by Gasteiger charge is -2.10. The standard InChI is InChI=1S/C26H22ClN3O2/c1-32-25-13-11-22(16-29-25)30-26(31)21-10-12-24(27)23(14-21)20-8-6-19(7-9-20)18-4-2-17(15-28)3-5-18/h2-14,16H,15,28H2,1H3,(H,30,31). The van der Waals surface area contributed by atoms with Crippen molar-refractivity contribution in [3.8, 4) is 28.1 Å². The van der Waals surface area contributed by atoms with Crippen LogP contribution in [0, 0.1) is 0 Å². The lowest BCUT2D eigenvalue weighted by Crippen LogP contribution is -2.12. The summed E-state index contributed by atoms with van der Waals surface area (Å²) in [7, 11) is 1.54. The molecular weight excluding hydrogens is 422 g/mol. The number of hydrogen-bond acceptors (Lipinski definition) is 4.